The van der Waals surface area contributed by atoms with Crippen LogP contribution in [0.4, 0.5) is 10.1 Å². The summed E-state index contributed by atoms with van der Waals surface area (Å²) in [5.41, 5.74) is 1.29. The summed E-state index contributed by atoms with van der Waals surface area (Å²) in [5.74, 6) is -1.17. The molecule has 1 unspecified atom stereocenters. The van der Waals surface area contributed by atoms with Crippen molar-refractivity contribution in [1.82, 2.24) is 0 Å². The molecule has 100 valence electrons. The summed E-state index contributed by atoms with van der Waals surface area (Å²) in [7, 11) is 0. The lowest BCUT2D eigenvalue weighted by molar-refractivity contribution is 0.0660. The third-order valence-electron chi connectivity index (χ3n) is 2.76. The van der Waals surface area contributed by atoms with Crippen molar-refractivity contribution in [2.45, 2.75) is 19.9 Å². The molecule has 0 radical (unpaired) electrons. The Morgan fingerprint density at radius 1 is 1.37 bits per heavy atom. The van der Waals surface area contributed by atoms with E-state index < -0.39 is 5.97 Å². The zero-order valence-electron chi connectivity index (χ0n) is 10.6. The number of nitrogens with one attached hydrogen (secondary N) is 1. The van der Waals surface area contributed by atoms with Crippen LogP contribution >= 0.6 is 0 Å². The maximum absolute atomic E-state index is 13.6. The Balaban J connectivity index is 2.17. The summed E-state index contributed by atoms with van der Waals surface area (Å²) < 4.78 is 18.8. The standard InChI is InChI=1S/C14H14FNO3/c1-8-3-4-10(15)11(7-8)16-9(2)12-5-6-13(19-12)14(17)18/h3-7,9,16H,1-2H3,(H,17,18). The number of furan rings is 1. The van der Waals surface area contributed by atoms with E-state index in [9.17, 15) is 9.18 Å². The molecular formula is C14H14FNO3. The molecule has 0 bridgehead atoms. The molecule has 0 fully saturated rings. The highest BCUT2D eigenvalue weighted by Gasteiger charge is 2.15. The molecule has 4 nitrogen and oxygen atoms in total. The number of rotatable bonds is 4. The van der Waals surface area contributed by atoms with Crippen molar-refractivity contribution in [3.8, 4) is 0 Å². The summed E-state index contributed by atoms with van der Waals surface area (Å²) in [6.45, 7) is 3.64. The van der Waals surface area contributed by atoms with Crippen molar-refractivity contribution in [3.63, 3.8) is 0 Å². The molecule has 19 heavy (non-hydrogen) atoms. The molecule has 0 saturated carbocycles. The second kappa shape index (κ2) is 5.14. The zero-order valence-corrected chi connectivity index (χ0v) is 10.6. The van der Waals surface area contributed by atoms with Gasteiger partial charge in [0.15, 0.2) is 0 Å². The monoisotopic (exact) mass is 263 g/mol. The molecule has 1 aromatic heterocycles. The molecule has 0 aliphatic carbocycles. The highest BCUT2D eigenvalue weighted by molar-refractivity contribution is 5.84. The highest BCUT2D eigenvalue weighted by Crippen LogP contribution is 2.24. The van der Waals surface area contributed by atoms with Gasteiger partial charge in [0.2, 0.25) is 5.76 Å². The van der Waals surface area contributed by atoms with Gasteiger partial charge < -0.3 is 14.8 Å². The Kier molecular flexibility index (Phi) is 3.55. The van der Waals surface area contributed by atoms with Crippen LogP contribution in [0.1, 0.15) is 34.8 Å². The van der Waals surface area contributed by atoms with Crippen molar-refractivity contribution in [2.75, 3.05) is 5.32 Å². The summed E-state index contributed by atoms with van der Waals surface area (Å²) in [5, 5.41) is 11.7. The molecular weight excluding hydrogens is 249 g/mol. The van der Waals surface area contributed by atoms with Crippen LogP contribution in [-0.2, 0) is 0 Å². The molecule has 2 N–H and O–H groups in total. The van der Waals surface area contributed by atoms with E-state index in [1.807, 2.05) is 6.92 Å². The second-order valence-corrected chi connectivity index (χ2v) is 4.36. The van der Waals surface area contributed by atoms with Crippen LogP contribution in [0.2, 0.25) is 0 Å². The van der Waals surface area contributed by atoms with Crippen LogP contribution in [-0.4, -0.2) is 11.1 Å². The Bertz CT molecular complexity index is 606. The summed E-state index contributed by atoms with van der Waals surface area (Å²) in [6, 6.07) is 7.37. The molecule has 2 rings (SSSR count). The molecule has 0 amide bonds. The van der Waals surface area contributed by atoms with Gasteiger partial charge in [-0.15, -0.1) is 0 Å². The predicted octanol–water partition coefficient (Wildman–Crippen LogP) is 3.60. The number of benzene rings is 1. The molecule has 0 aliphatic heterocycles. The number of halogens is 1. The third-order valence-corrected chi connectivity index (χ3v) is 2.76. The first-order chi connectivity index (χ1) is 8.97. The maximum Gasteiger partial charge on any atom is 0.371 e. The lowest BCUT2D eigenvalue weighted by Crippen LogP contribution is -2.07. The number of carbonyl (C=O) groups is 1. The average Bonchev–Trinajstić information content (AvgIpc) is 2.83. The van der Waals surface area contributed by atoms with Crippen molar-refractivity contribution < 1.29 is 18.7 Å². The molecule has 1 heterocycles. The molecule has 0 spiro atoms. The van der Waals surface area contributed by atoms with E-state index >= 15 is 0 Å². The minimum atomic E-state index is -1.12. The first-order valence-electron chi connectivity index (χ1n) is 5.83. The van der Waals surface area contributed by atoms with Crippen molar-refractivity contribution >= 4 is 11.7 Å². The Labute approximate surface area is 109 Å². The summed E-state index contributed by atoms with van der Waals surface area (Å²) in [4.78, 5) is 10.7. The van der Waals surface area contributed by atoms with Gasteiger partial charge in [0.05, 0.1) is 11.7 Å². The maximum atomic E-state index is 13.6. The average molecular weight is 263 g/mol. The Morgan fingerprint density at radius 3 is 2.74 bits per heavy atom. The highest BCUT2D eigenvalue weighted by atomic mass is 19.1. The fraction of sp³-hybridized carbons (Fsp3) is 0.214. The number of carboxylic acids is 1. The predicted molar refractivity (Wildman–Crippen MR) is 68.8 cm³/mol. The van der Waals surface area contributed by atoms with Crippen LogP contribution in [0.5, 0.6) is 0 Å². The van der Waals surface area contributed by atoms with Crippen LogP contribution in [0.3, 0.4) is 0 Å². The minimum Gasteiger partial charge on any atom is -0.475 e. The molecule has 5 heteroatoms. The van der Waals surface area contributed by atoms with E-state index in [2.05, 4.69) is 5.32 Å². The number of anilines is 1. The molecule has 2 aromatic rings. The van der Waals surface area contributed by atoms with Gasteiger partial charge in [-0.05, 0) is 43.7 Å². The largest absolute Gasteiger partial charge is 0.475 e. The van der Waals surface area contributed by atoms with Gasteiger partial charge in [-0.25, -0.2) is 9.18 Å². The van der Waals surface area contributed by atoms with Crippen molar-refractivity contribution in [3.05, 3.63) is 53.2 Å². The summed E-state index contributed by atoms with van der Waals surface area (Å²) in [6.07, 6.45) is 0. The van der Waals surface area contributed by atoms with Gasteiger partial charge in [0, 0.05) is 0 Å². The minimum absolute atomic E-state index is 0.131. The van der Waals surface area contributed by atoms with Gasteiger partial charge in [-0.1, -0.05) is 6.07 Å². The van der Waals surface area contributed by atoms with Crippen molar-refractivity contribution in [2.24, 2.45) is 0 Å². The van der Waals surface area contributed by atoms with Gasteiger partial charge in [0.25, 0.3) is 0 Å². The zero-order chi connectivity index (χ0) is 14.0. The van der Waals surface area contributed by atoms with Gasteiger partial charge >= 0.3 is 5.97 Å². The smallest absolute Gasteiger partial charge is 0.371 e. The van der Waals surface area contributed by atoms with Crippen molar-refractivity contribution in [1.29, 1.82) is 0 Å². The fourth-order valence-electron chi connectivity index (χ4n) is 1.75. The quantitative estimate of drug-likeness (QED) is 0.884. The van der Waals surface area contributed by atoms with Crippen LogP contribution < -0.4 is 5.32 Å². The van der Waals surface area contributed by atoms with E-state index in [0.29, 0.717) is 11.4 Å². The van der Waals surface area contributed by atoms with Crippen LogP contribution in [0.25, 0.3) is 0 Å². The van der Waals surface area contributed by atoms with Crippen LogP contribution in [0.15, 0.2) is 34.7 Å². The number of carboxylic acid groups (broad SMARTS) is 1. The Morgan fingerprint density at radius 2 is 2.11 bits per heavy atom. The SMILES string of the molecule is Cc1ccc(F)c(NC(C)c2ccc(C(=O)O)o2)c1. The molecule has 1 aromatic carbocycles. The summed E-state index contributed by atoms with van der Waals surface area (Å²) >= 11 is 0. The van der Waals surface area contributed by atoms with E-state index in [4.69, 9.17) is 9.52 Å². The fourth-order valence-corrected chi connectivity index (χ4v) is 1.75. The van der Waals surface area contributed by atoms with E-state index in [1.165, 1.54) is 12.1 Å². The second-order valence-electron chi connectivity index (χ2n) is 4.36. The van der Waals surface area contributed by atoms with E-state index in [1.54, 1.807) is 25.1 Å². The van der Waals surface area contributed by atoms with Gasteiger partial charge in [-0.2, -0.15) is 0 Å². The third kappa shape index (κ3) is 2.93. The first-order valence-corrected chi connectivity index (χ1v) is 5.83. The lowest BCUT2D eigenvalue weighted by Gasteiger charge is -2.14. The molecule has 1 atom stereocenters. The molecule has 0 saturated heterocycles. The van der Waals surface area contributed by atoms with E-state index in [-0.39, 0.29) is 17.6 Å². The number of aromatic carboxylic acids is 1. The molecule has 0 aliphatic rings. The normalized spacial score (nSPS) is 12.2. The van der Waals surface area contributed by atoms with Gasteiger partial charge in [-0.3, -0.25) is 0 Å². The first kappa shape index (κ1) is 13.1. The van der Waals surface area contributed by atoms with E-state index in [0.717, 1.165) is 5.56 Å². The Hall–Kier alpha value is -2.30. The number of hydrogen-bond acceptors (Lipinski definition) is 3. The van der Waals surface area contributed by atoms with Crippen LogP contribution in [0, 0.1) is 12.7 Å². The number of aryl methyl sites for hydroxylation is 1. The van der Waals surface area contributed by atoms with Gasteiger partial charge in [0.1, 0.15) is 11.6 Å². The topological polar surface area (TPSA) is 62.5 Å². The number of hydrogen-bond donors (Lipinski definition) is 2. The lowest BCUT2D eigenvalue weighted by atomic mass is 10.2.